The molecule has 0 aliphatic carbocycles. The van der Waals surface area contributed by atoms with E-state index in [9.17, 15) is 18.0 Å². The Balaban J connectivity index is 2.28. The Kier molecular flexibility index (Phi) is 5.95. The second kappa shape index (κ2) is 7.68. The van der Waals surface area contributed by atoms with Gasteiger partial charge < -0.3 is 16.2 Å². The third-order valence-corrected chi connectivity index (χ3v) is 7.62. The van der Waals surface area contributed by atoms with Gasteiger partial charge in [0.1, 0.15) is 0 Å². The SMILES string of the molecule is C[Si](C)(C)CCS(=O)(=O)n1ncc2cc(CC(OC(N)=O)C(N)=O)ccc21. The number of ether oxygens (including phenoxy) is 1. The van der Waals surface area contributed by atoms with Gasteiger partial charge in [-0.3, -0.25) is 4.79 Å². The first kappa shape index (κ1) is 20.9. The zero-order chi connectivity index (χ0) is 20.4. The summed E-state index contributed by atoms with van der Waals surface area (Å²) in [5.74, 6) is -0.782. The third-order valence-electron chi connectivity index (χ3n) is 3.97. The topological polar surface area (TPSA) is 147 Å². The zero-order valence-electron chi connectivity index (χ0n) is 15.5. The molecule has 0 spiro atoms. The van der Waals surface area contributed by atoms with Gasteiger partial charge in [0.15, 0.2) is 6.10 Å². The minimum atomic E-state index is -3.56. The van der Waals surface area contributed by atoms with Crippen LogP contribution in [0, 0.1) is 0 Å². The lowest BCUT2D eigenvalue weighted by Gasteiger charge is -2.15. The summed E-state index contributed by atoms with van der Waals surface area (Å²) in [4.78, 5) is 22.3. The van der Waals surface area contributed by atoms with Crippen molar-refractivity contribution in [1.82, 2.24) is 9.19 Å². The van der Waals surface area contributed by atoms with Crippen LogP contribution < -0.4 is 11.5 Å². The first-order valence-electron chi connectivity index (χ1n) is 8.34. The van der Waals surface area contributed by atoms with Crippen LogP contribution >= 0.6 is 0 Å². The van der Waals surface area contributed by atoms with Crippen molar-refractivity contribution in [2.75, 3.05) is 5.75 Å². The molecule has 11 heteroatoms. The van der Waals surface area contributed by atoms with Crippen molar-refractivity contribution in [3.05, 3.63) is 30.0 Å². The summed E-state index contributed by atoms with van der Waals surface area (Å²) < 4.78 is 31.0. The minimum absolute atomic E-state index is 0.0295. The molecular weight excluding hydrogens is 388 g/mol. The molecule has 0 saturated heterocycles. The van der Waals surface area contributed by atoms with Crippen LogP contribution in [0.15, 0.2) is 24.4 Å². The molecule has 0 bridgehead atoms. The molecule has 27 heavy (non-hydrogen) atoms. The predicted octanol–water partition coefficient (Wildman–Crippen LogP) is 1.04. The van der Waals surface area contributed by atoms with Gasteiger partial charge in [0.2, 0.25) is 0 Å². The Bertz CT molecular complexity index is 965. The van der Waals surface area contributed by atoms with Gasteiger partial charge in [-0.2, -0.15) is 9.19 Å². The molecule has 2 aromatic rings. The number of fused-ring (bicyclic) bond motifs is 1. The van der Waals surface area contributed by atoms with Crippen LogP contribution in [-0.2, 0) is 26.0 Å². The van der Waals surface area contributed by atoms with Crippen molar-refractivity contribution in [2.24, 2.45) is 11.5 Å². The molecule has 1 aromatic carbocycles. The summed E-state index contributed by atoms with van der Waals surface area (Å²) >= 11 is 0. The van der Waals surface area contributed by atoms with Crippen LogP contribution in [0.3, 0.4) is 0 Å². The molecule has 2 amide bonds. The highest BCUT2D eigenvalue weighted by atomic mass is 32.2. The second-order valence-corrected chi connectivity index (χ2v) is 15.1. The maximum atomic E-state index is 12.6. The summed E-state index contributed by atoms with van der Waals surface area (Å²) in [6.07, 6.45) is -0.822. The van der Waals surface area contributed by atoms with Crippen molar-refractivity contribution in [2.45, 2.75) is 38.2 Å². The Morgan fingerprint density at radius 2 is 1.93 bits per heavy atom. The first-order valence-corrected chi connectivity index (χ1v) is 13.7. The number of hydrogen-bond acceptors (Lipinski definition) is 6. The number of hydrogen-bond donors (Lipinski definition) is 2. The highest BCUT2D eigenvalue weighted by Crippen LogP contribution is 2.20. The molecule has 0 fully saturated rings. The smallest absolute Gasteiger partial charge is 0.405 e. The molecule has 4 N–H and O–H groups in total. The molecule has 1 heterocycles. The Labute approximate surface area is 158 Å². The standard InChI is InChI=1S/C16H24N4O5SSi/c1-27(2,3)7-6-26(23,24)20-13-5-4-11(8-12(13)10-19-20)9-14(15(17)21)25-16(18)22/h4-5,8,10,14H,6-7,9H2,1-3H3,(H2,17,21)(H2,18,22). The Hall–Kier alpha value is -2.40. The van der Waals surface area contributed by atoms with Crippen LogP contribution in [0.2, 0.25) is 25.7 Å². The number of carbonyl (C=O) groups excluding carboxylic acids is 2. The fourth-order valence-electron chi connectivity index (χ4n) is 2.48. The van der Waals surface area contributed by atoms with Gasteiger partial charge in [0, 0.05) is 19.9 Å². The molecule has 1 unspecified atom stereocenters. The highest BCUT2D eigenvalue weighted by Gasteiger charge is 2.23. The molecule has 0 aliphatic heterocycles. The molecule has 1 atom stereocenters. The maximum Gasteiger partial charge on any atom is 0.405 e. The monoisotopic (exact) mass is 412 g/mol. The highest BCUT2D eigenvalue weighted by molar-refractivity contribution is 7.90. The molecule has 0 radical (unpaired) electrons. The van der Waals surface area contributed by atoms with Gasteiger partial charge in [0.25, 0.3) is 15.9 Å². The quantitative estimate of drug-likeness (QED) is 0.619. The van der Waals surface area contributed by atoms with Crippen LogP contribution in [0.1, 0.15) is 5.56 Å². The Morgan fingerprint density at radius 1 is 1.26 bits per heavy atom. The number of rotatable bonds is 8. The van der Waals surface area contributed by atoms with E-state index in [2.05, 4.69) is 24.7 Å². The van der Waals surface area contributed by atoms with E-state index in [1.54, 1.807) is 18.2 Å². The summed E-state index contributed by atoms with van der Waals surface area (Å²) in [6, 6.07) is 5.55. The van der Waals surface area contributed by atoms with Gasteiger partial charge in [-0.15, -0.1) is 0 Å². The van der Waals surface area contributed by atoms with Crippen LogP contribution in [0.25, 0.3) is 10.9 Å². The van der Waals surface area contributed by atoms with E-state index in [0.717, 1.165) is 4.09 Å². The van der Waals surface area contributed by atoms with Gasteiger partial charge >= 0.3 is 6.09 Å². The maximum absolute atomic E-state index is 12.6. The van der Waals surface area contributed by atoms with Crippen molar-refractivity contribution >= 4 is 41.0 Å². The molecule has 1 aromatic heterocycles. The van der Waals surface area contributed by atoms with Crippen molar-refractivity contribution in [3.63, 3.8) is 0 Å². The summed E-state index contributed by atoms with van der Waals surface area (Å²) in [7, 11) is -5.08. The van der Waals surface area contributed by atoms with Crippen molar-refractivity contribution in [1.29, 1.82) is 0 Å². The van der Waals surface area contributed by atoms with Gasteiger partial charge in [-0.25, -0.2) is 13.2 Å². The number of nitrogens with two attached hydrogens (primary N) is 2. The number of primary amides is 2. The Morgan fingerprint density at radius 3 is 2.48 bits per heavy atom. The third kappa shape index (κ3) is 5.53. The number of aromatic nitrogens is 2. The molecule has 0 saturated carbocycles. The lowest BCUT2D eigenvalue weighted by molar-refractivity contribution is -0.126. The average Bonchev–Trinajstić information content (AvgIpc) is 2.95. The van der Waals surface area contributed by atoms with Gasteiger partial charge in [-0.1, -0.05) is 25.7 Å². The zero-order valence-corrected chi connectivity index (χ0v) is 17.3. The fourth-order valence-corrected chi connectivity index (χ4v) is 6.79. The van der Waals surface area contributed by atoms with E-state index in [-0.39, 0.29) is 12.2 Å². The van der Waals surface area contributed by atoms with E-state index in [0.29, 0.717) is 22.5 Å². The van der Waals surface area contributed by atoms with E-state index in [1.165, 1.54) is 6.20 Å². The van der Waals surface area contributed by atoms with E-state index >= 15 is 0 Å². The molecule has 0 aliphatic rings. The fraction of sp³-hybridized carbons (Fsp3) is 0.438. The lowest BCUT2D eigenvalue weighted by Crippen LogP contribution is -2.36. The molecular formula is C16H24N4O5SSi. The van der Waals surface area contributed by atoms with E-state index < -0.39 is 36.2 Å². The van der Waals surface area contributed by atoms with Crippen LogP contribution in [-0.4, -0.2) is 49.5 Å². The largest absolute Gasteiger partial charge is 0.436 e. The number of carbonyl (C=O) groups is 2. The van der Waals surface area contributed by atoms with Crippen LogP contribution in [0.5, 0.6) is 0 Å². The average molecular weight is 413 g/mol. The van der Waals surface area contributed by atoms with Crippen molar-refractivity contribution in [3.8, 4) is 0 Å². The van der Waals surface area contributed by atoms with Crippen LogP contribution in [0.4, 0.5) is 4.79 Å². The summed E-state index contributed by atoms with van der Waals surface area (Å²) in [5.41, 5.74) is 11.2. The number of nitrogens with zero attached hydrogens (tertiary/aromatic N) is 2. The first-order chi connectivity index (χ1) is 12.4. The van der Waals surface area contributed by atoms with Gasteiger partial charge in [-0.05, 0) is 23.7 Å². The molecule has 2 rings (SSSR count). The normalized spacial score (nSPS) is 13.4. The molecule has 9 nitrogen and oxygen atoms in total. The molecule has 148 valence electrons. The summed E-state index contributed by atoms with van der Waals surface area (Å²) in [6.45, 7) is 6.33. The van der Waals surface area contributed by atoms with Crippen molar-refractivity contribution < 1.29 is 22.7 Å². The summed E-state index contributed by atoms with van der Waals surface area (Å²) in [5, 5.41) is 4.61. The van der Waals surface area contributed by atoms with Gasteiger partial charge in [0.05, 0.1) is 17.5 Å². The predicted molar refractivity (Wildman–Crippen MR) is 104 cm³/mol. The van der Waals surface area contributed by atoms with E-state index in [4.69, 9.17) is 16.2 Å². The number of benzene rings is 1. The number of amides is 2. The minimum Gasteiger partial charge on any atom is -0.436 e. The van der Waals surface area contributed by atoms with E-state index in [1.807, 2.05) is 0 Å². The second-order valence-electron chi connectivity index (χ2n) is 7.54. The lowest BCUT2D eigenvalue weighted by atomic mass is 10.1.